The van der Waals surface area contributed by atoms with Crippen LogP contribution in [0.3, 0.4) is 0 Å². The first kappa shape index (κ1) is 23.7. The average molecular weight is 491 g/mol. The van der Waals surface area contributed by atoms with Crippen LogP contribution in [-0.4, -0.2) is 31.4 Å². The van der Waals surface area contributed by atoms with Crippen molar-refractivity contribution in [1.82, 2.24) is 9.97 Å². The van der Waals surface area contributed by atoms with E-state index in [1.165, 1.54) is 37.8 Å². The molecule has 0 aliphatic heterocycles. The minimum atomic E-state index is -3.92. The standard InChI is InChI=1S/C25H22N4O5S/c1-17-6-11-22(35(31,32)29-18-7-9-20(33-2)10-8-18)15-23(17)25(30)28-19-4-3-5-21(14-19)34-24-16-26-12-13-27-24/h3-16,29H,1-2H3,(H,28,30). The number of hydrogen-bond donors (Lipinski definition) is 2. The van der Waals surface area contributed by atoms with Crippen molar-refractivity contribution in [2.24, 2.45) is 0 Å². The van der Waals surface area contributed by atoms with E-state index < -0.39 is 15.9 Å². The molecule has 35 heavy (non-hydrogen) atoms. The lowest BCUT2D eigenvalue weighted by Gasteiger charge is -2.13. The SMILES string of the molecule is COc1ccc(NS(=O)(=O)c2ccc(C)c(C(=O)Nc3cccc(Oc4cnccn4)c3)c2)cc1. The summed E-state index contributed by atoms with van der Waals surface area (Å²) in [6, 6.07) is 17.6. The highest BCUT2D eigenvalue weighted by atomic mass is 32.2. The van der Waals surface area contributed by atoms with Gasteiger partial charge in [0.05, 0.1) is 18.2 Å². The zero-order valence-corrected chi connectivity index (χ0v) is 19.7. The van der Waals surface area contributed by atoms with Gasteiger partial charge in [-0.25, -0.2) is 13.4 Å². The van der Waals surface area contributed by atoms with Gasteiger partial charge in [-0.15, -0.1) is 0 Å². The van der Waals surface area contributed by atoms with Crippen LogP contribution in [0.5, 0.6) is 17.4 Å². The van der Waals surface area contributed by atoms with Crippen LogP contribution in [0.2, 0.25) is 0 Å². The number of benzene rings is 3. The summed E-state index contributed by atoms with van der Waals surface area (Å²) in [5.41, 5.74) is 1.69. The van der Waals surface area contributed by atoms with E-state index in [-0.39, 0.29) is 10.5 Å². The molecule has 3 aromatic carbocycles. The van der Waals surface area contributed by atoms with E-state index in [4.69, 9.17) is 9.47 Å². The number of carbonyl (C=O) groups is 1. The summed E-state index contributed by atoms with van der Waals surface area (Å²) >= 11 is 0. The largest absolute Gasteiger partial charge is 0.497 e. The zero-order chi connectivity index (χ0) is 24.8. The Labute approximate surface area is 202 Å². The summed E-state index contributed by atoms with van der Waals surface area (Å²) < 4.78 is 39.1. The first-order chi connectivity index (χ1) is 16.8. The average Bonchev–Trinajstić information content (AvgIpc) is 2.85. The molecule has 1 heterocycles. The lowest BCUT2D eigenvalue weighted by atomic mass is 10.1. The Hall–Kier alpha value is -4.44. The van der Waals surface area contributed by atoms with E-state index in [0.717, 1.165) is 0 Å². The number of carbonyl (C=O) groups excluding carboxylic acids is 1. The van der Waals surface area contributed by atoms with Gasteiger partial charge in [0.25, 0.3) is 15.9 Å². The Balaban J connectivity index is 1.52. The summed E-state index contributed by atoms with van der Waals surface area (Å²) in [6.07, 6.45) is 4.52. The van der Waals surface area contributed by atoms with Gasteiger partial charge < -0.3 is 14.8 Å². The number of anilines is 2. The molecule has 0 radical (unpaired) electrons. The highest BCUT2D eigenvalue weighted by molar-refractivity contribution is 7.92. The minimum Gasteiger partial charge on any atom is -0.497 e. The summed E-state index contributed by atoms with van der Waals surface area (Å²) in [5, 5.41) is 2.78. The molecule has 0 spiro atoms. The molecule has 9 nitrogen and oxygen atoms in total. The molecule has 1 aromatic heterocycles. The van der Waals surface area contributed by atoms with Crippen LogP contribution >= 0.6 is 0 Å². The van der Waals surface area contributed by atoms with Crippen LogP contribution in [0.15, 0.2) is 90.2 Å². The predicted molar refractivity (Wildman–Crippen MR) is 131 cm³/mol. The monoisotopic (exact) mass is 490 g/mol. The number of aryl methyl sites for hydroxylation is 1. The highest BCUT2D eigenvalue weighted by Gasteiger charge is 2.19. The first-order valence-electron chi connectivity index (χ1n) is 10.5. The van der Waals surface area contributed by atoms with Crippen LogP contribution < -0.4 is 19.5 Å². The molecule has 0 bridgehead atoms. The van der Waals surface area contributed by atoms with Gasteiger partial charge in [0.2, 0.25) is 5.88 Å². The second-order valence-corrected chi connectivity index (χ2v) is 9.12. The van der Waals surface area contributed by atoms with Gasteiger partial charge in [0.15, 0.2) is 0 Å². The molecule has 0 fully saturated rings. The molecule has 0 aliphatic carbocycles. The predicted octanol–water partition coefficient (Wildman–Crippen LogP) is 4.64. The Morgan fingerprint density at radius 3 is 2.43 bits per heavy atom. The second kappa shape index (κ2) is 10.2. The van der Waals surface area contributed by atoms with Crippen molar-refractivity contribution < 1.29 is 22.7 Å². The van der Waals surface area contributed by atoms with Crippen molar-refractivity contribution in [3.63, 3.8) is 0 Å². The summed E-state index contributed by atoms with van der Waals surface area (Å²) in [4.78, 5) is 21.0. The van der Waals surface area contributed by atoms with Crippen LogP contribution in [0.4, 0.5) is 11.4 Å². The number of nitrogens with one attached hydrogen (secondary N) is 2. The van der Waals surface area contributed by atoms with Crippen molar-refractivity contribution in [3.8, 4) is 17.4 Å². The molecule has 178 valence electrons. The van der Waals surface area contributed by atoms with Gasteiger partial charge >= 0.3 is 0 Å². The van der Waals surface area contributed by atoms with Crippen molar-refractivity contribution in [3.05, 3.63) is 96.4 Å². The van der Waals surface area contributed by atoms with Gasteiger partial charge in [-0.2, -0.15) is 0 Å². The molecule has 0 atom stereocenters. The Kier molecular flexibility index (Phi) is 6.93. The van der Waals surface area contributed by atoms with E-state index in [0.29, 0.717) is 34.3 Å². The van der Waals surface area contributed by atoms with Crippen LogP contribution in [-0.2, 0) is 10.0 Å². The quantitative estimate of drug-likeness (QED) is 0.369. The van der Waals surface area contributed by atoms with Crippen molar-refractivity contribution in [2.45, 2.75) is 11.8 Å². The third kappa shape index (κ3) is 5.92. The van der Waals surface area contributed by atoms with Gasteiger partial charge in [-0.05, 0) is 61.0 Å². The maximum absolute atomic E-state index is 13.0. The fourth-order valence-corrected chi connectivity index (χ4v) is 4.27. The third-order valence-electron chi connectivity index (χ3n) is 4.96. The normalized spacial score (nSPS) is 10.9. The molecule has 4 aromatic rings. The number of amides is 1. The van der Waals surface area contributed by atoms with Gasteiger partial charge in [-0.3, -0.25) is 14.5 Å². The number of sulfonamides is 1. The summed E-state index contributed by atoms with van der Waals surface area (Å²) in [7, 11) is -2.40. The number of hydrogen-bond acceptors (Lipinski definition) is 7. The smallest absolute Gasteiger partial charge is 0.261 e. The minimum absolute atomic E-state index is 0.0381. The number of methoxy groups -OCH3 is 1. The van der Waals surface area contributed by atoms with E-state index >= 15 is 0 Å². The van der Waals surface area contributed by atoms with Gasteiger partial charge in [0.1, 0.15) is 11.5 Å². The fourth-order valence-electron chi connectivity index (χ4n) is 3.18. The number of aromatic nitrogens is 2. The lowest BCUT2D eigenvalue weighted by Crippen LogP contribution is -2.17. The zero-order valence-electron chi connectivity index (χ0n) is 18.9. The van der Waals surface area contributed by atoms with E-state index in [1.807, 2.05) is 0 Å². The number of rotatable bonds is 8. The van der Waals surface area contributed by atoms with Crippen molar-refractivity contribution in [1.29, 1.82) is 0 Å². The van der Waals surface area contributed by atoms with Crippen molar-refractivity contribution >= 4 is 27.3 Å². The molecule has 0 saturated heterocycles. The van der Waals surface area contributed by atoms with Gasteiger partial charge in [0, 0.05) is 35.4 Å². The Morgan fingerprint density at radius 1 is 0.914 bits per heavy atom. The molecule has 10 heteroatoms. The van der Waals surface area contributed by atoms with E-state index in [1.54, 1.807) is 61.5 Å². The maximum atomic E-state index is 13.0. The summed E-state index contributed by atoms with van der Waals surface area (Å²) in [6.45, 7) is 1.73. The molecule has 0 unspecified atom stereocenters. The molecular weight excluding hydrogens is 468 g/mol. The molecule has 1 amide bonds. The Bertz CT molecular complexity index is 1440. The third-order valence-corrected chi connectivity index (χ3v) is 6.34. The Morgan fingerprint density at radius 2 is 1.71 bits per heavy atom. The molecule has 2 N–H and O–H groups in total. The molecular formula is C25H22N4O5S. The lowest BCUT2D eigenvalue weighted by molar-refractivity contribution is 0.102. The maximum Gasteiger partial charge on any atom is 0.261 e. The van der Waals surface area contributed by atoms with Crippen LogP contribution in [0, 0.1) is 6.92 Å². The number of nitrogens with zero attached hydrogens (tertiary/aromatic N) is 2. The molecule has 0 aliphatic rings. The second-order valence-electron chi connectivity index (χ2n) is 7.44. The number of ether oxygens (including phenoxy) is 2. The van der Waals surface area contributed by atoms with E-state index in [2.05, 4.69) is 20.0 Å². The molecule has 0 saturated carbocycles. The van der Waals surface area contributed by atoms with Crippen LogP contribution in [0.1, 0.15) is 15.9 Å². The van der Waals surface area contributed by atoms with Gasteiger partial charge in [-0.1, -0.05) is 12.1 Å². The fraction of sp³-hybridized carbons (Fsp3) is 0.0800. The van der Waals surface area contributed by atoms with E-state index in [9.17, 15) is 13.2 Å². The molecule has 4 rings (SSSR count). The van der Waals surface area contributed by atoms with Crippen molar-refractivity contribution in [2.75, 3.05) is 17.1 Å². The topological polar surface area (TPSA) is 120 Å². The van der Waals surface area contributed by atoms with Crippen LogP contribution in [0.25, 0.3) is 0 Å². The summed E-state index contributed by atoms with van der Waals surface area (Å²) in [5.74, 6) is 0.920. The highest BCUT2D eigenvalue weighted by Crippen LogP contribution is 2.24. The first-order valence-corrected chi connectivity index (χ1v) is 12.0.